The standard InChI is InChI=1S/C21H27IN2O2S/c1-23(2)21(14-6-7-15-21)17-24(16-18-8-4-3-5-9-18)27(25,26)20-12-10-19(22)11-13-20/h3-5,8-13H,6-7,14-17H2,1-2H3. The van der Waals surface area contributed by atoms with Crippen molar-refractivity contribution in [1.29, 1.82) is 0 Å². The fraction of sp³-hybridized carbons (Fsp3) is 0.429. The van der Waals surface area contributed by atoms with Gasteiger partial charge in [0.2, 0.25) is 10.0 Å². The monoisotopic (exact) mass is 498 g/mol. The molecule has 27 heavy (non-hydrogen) atoms. The van der Waals surface area contributed by atoms with Crippen LogP contribution in [0.3, 0.4) is 0 Å². The van der Waals surface area contributed by atoms with Gasteiger partial charge in [-0.3, -0.25) is 0 Å². The molecule has 0 aliphatic heterocycles. The first-order valence-electron chi connectivity index (χ1n) is 9.31. The molecular formula is C21H27IN2O2S. The Kier molecular flexibility index (Phi) is 6.61. The van der Waals surface area contributed by atoms with Crippen molar-refractivity contribution in [3.05, 3.63) is 63.7 Å². The molecule has 0 spiro atoms. The molecule has 1 fully saturated rings. The molecule has 0 unspecified atom stereocenters. The Bertz CT molecular complexity index is 846. The molecule has 6 heteroatoms. The molecule has 0 bridgehead atoms. The van der Waals surface area contributed by atoms with Crippen molar-refractivity contribution < 1.29 is 8.42 Å². The van der Waals surface area contributed by atoms with E-state index in [1.54, 1.807) is 16.4 Å². The van der Waals surface area contributed by atoms with Gasteiger partial charge in [-0.2, -0.15) is 4.31 Å². The minimum atomic E-state index is -3.57. The van der Waals surface area contributed by atoms with Gasteiger partial charge in [0.1, 0.15) is 0 Å². The third-order valence-electron chi connectivity index (χ3n) is 5.61. The van der Waals surface area contributed by atoms with E-state index in [2.05, 4.69) is 41.6 Å². The van der Waals surface area contributed by atoms with Crippen LogP contribution in [-0.2, 0) is 16.6 Å². The molecule has 0 amide bonds. The van der Waals surface area contributed by atoms with E-state index in [1.807, 2.05) is 42.5 Å². The van der Waals surface area contributed by atoms with Gasteiger partial charge in [0.25, 0.3) is 0 Å². The summed E-state index contributed by atoms with van der Waals surface area (Å²) >= 11 is 2.20. The van der Waals surface area contributed by atoms with Gasteiger partial charge in [-0.25, -0.2) is 8.42 Å². The van der Waals surface area contributed by atoms with Crippen molar-refractivity contribution >= 4 is 32.6 Å². The number of sulfonamides is 1. The van der Waals surface area contributed by atoms with Crippen LogP contribution >= 0.6 is 22.6 Å². The summed E-state index contributed by atoms with van der Waals surface area (Å²) in [6.07, 6.45) is 4.38. The topological polar surface area (TPSA) is 40.6 Å². The molecule has 0 heterocycles. The Balaban J connectivity index is 1.97. The number of likely N-dealkylation sites (N-methyl/N-ethyl adjacent to an activating group) is 1. The van der Waals surface area contributed by atoms with Crippen LogP contribution in [-0.4, -0.2) is 43.8 Å². The zero-order valence-electron chi connectivity index (χ0n) is 15.9. The van der Waals surface area contributed by atoms with E-state index in [0.29, 0.717) is 18.0 Å². The summed E-state index contributed by atoms with van der Waals surface area (Å²) in [7, 11) is 0.574. The van der Waals surface area contributed by atoms with Crippen LogP contribution in [0.4, 0.5) is 0 Å². The van der Waals surface area contributed by atoms with Crippen LogP contribution in [0.5, 0.6) is 0 Å². The van der Waals surface area contributed by atoms with Gasteiger partial charge in [0.15, 0.2) is 0 Å². The number of nitrogens with zero attached hydrogens (tertiary/aromatic N) is 2. The fourth-order valence-corrected chi connectivity index (χ4v) is 5.74. The SMILES string of the molecule is CN(C)C1(CN(Cc2ccccc2)S(=O)(=O)c2ccc(I)cc2)CCCC1. The summed E-state index contributed by atoms with van der Waals surface area (Å²) in [5.74, 6) is 0. The molecule has 0 saturated heterocycles. The van der Waals surface area contributed by atoms with Crippen molar-refractivity contribution in [2.75, 3.05) is 20.6 Å². The predicted octanol–water partition coefficient (Wildman–Crippen LogP) is 4.36. The van der Waals surface area contributed by atoms with E-state index in [0.717, 1.165) is 34.8 Å². The van der Waals surface area contributed by atoms with Gasteiger partial charge in [-0.1, -0.05) is 43.2 Å². The highest BCUT2D eigenvalue weighted by Gasteiger charge is 2.40. The van der Waals surface area contributed by atoms with Crippen LogP contribution in [0.25, 0.3) is 0 Å². The molecule has 0 aromatic heterocycles. The lowest BCUT2D eigenvalue weighted by atomic mass is 9.96. The van der Waals surface area contributed by atoms with Crippen molar-refractivity contribution in [2.45, 2.75) is 42.7 Å². The second-order valence-electron chi connectivity index (χ2n) is 7.54. The minimum absolute atomic E-state index is 0.0922. The second kappa shape index (κ2) is 8.59. The summed E-state index contributed by atoms with van der Waals surface area (Å²) < 4.78 is 29.7. The first-order chi connectivity index (χ1) is 12.8. The van der Waals surface area contributed by atoms with Crippen molar-refractivity contribution in [1.82, 2.24) is 9.21 Å². The van der Waals surface area contributed by atoms with E-state index in [-0.39, 0.29) is 5.54 Å². The zero-order valence-corrected chi connectivity index (χ0v) is 18.9. The number of hydrogen-bond acceptors (Lipinski definition) is 3. The molecule has 0 radical (unpaired) electrons. The van der Waals surface area contributed by atoms with E-state index in [9.17, 15) is 8.42 Å². The lowest BCUT2D eigenvalue weighted by molar-refractivity contribution is 0.124. The largest absolute Gasteiger partial charge is 0.302 e. The molecule has 2 aromatic carbocycles. The average molecular weight is 498 g/mol. The van der Waals surface area contributed by atoms with Crippen molar-refractivity contribution in [3.63, 3.8) is 0 Å². The number of benzene rings is 2. The third-order valence-corrected chi connectivity index (χ3v) is 8.13. The summed E-state index contributed by atoms with van der Waals surface area (Å²) in [5.41, 5.74) is 0.920. The highest BCUT2D eigenvalue weighted by atomic mass is 127. The minimum Gasteiger partial charge on any atom is -0.302 e. The summed E-state index contributed by atoms with van der Waals surface area (Å²) in [6.45, 7) is 0.911. The van der Waals surface area contributed by atoms with Crippen LogP contribution in [0.2, 0.25) is 0 Å². The van der Waals surface area contributed by atoms with Gasteiger partial charge in [0.05, 0.1) is 4.90 Å². The van der Waals surface area contributed by atoms with E-state index in [1.165, 1.54) is 0 Å². The second-order valence-corrected chi connectivity index (χ2v) is 10.7. The van der Waals surface area contributed by atoms with Gasteiger partial charge >= 0.3 is 0 Å². The van der Waals surface area contributed by atoms with Gasteiger partial charge < -0.3 is 4.90 Å². The number of hydrogen-bond donors (Lipinski definition) is 0. The maximum Gasteiger partial charge on any atom is 0.243 e. The maximum absolute atomic E-state index is 13.5. The quantitative estimate of drug-likeness (QED) is 0.533. The van der Waals surface area contributed by atoms with Gasteiger partial charge in [-0.05, 0) is 79.4 Å². The van der Waals surface area contributed by atoms with E-state index < -0.39 is 10.0 Å². The van der Waals surface area contributed by atoms with Crippen LogP contribution in [0.15, 0.2) is 59.5 Å². The summed E-state index contributed by atoms with van der Waals surface area (Å²) in [4.78, 5) is 2.59. The Labute approximate surface area is 176 Å². The van der Waals surface area contributed by atoms with E-state index in [4.69, 9.17) is 0 Å². The smallest absolute Gasteiger partial charge is 0.243 e. The lowest BCUT2D eigenvalue weighted by Gasteiger charge is -2.40. The van der Waals surface area contributed by atoms with Gasteiger partial charge in [0, 0.05) is 22.2 Å². The Hall–Kier alpha value is -0.960. The van der Waals surface area contributed by atoms with Crippen LogP contribution < -0.4 is 0 Å². The van der Waals surface area contributed by atoms with Crippen molar-refractivity contribution in [3.8, 4) is 0 Å². The van der Waals surface area contributed by atoms with Gasteiger partial charge in [-0.15, -0.1) is 0 Å². The summed E-state index contributed by atoms with van der Waals surface area (Å²) in [5, 5.41) is 0. The maximum atomic E-state index is 13.5. The highest BCUT2D eigenvalue weighted by molar-refractivity contribution is 14.1. The molecule has 2 aromatic rings. The Morgan fingerprint density at radius 3 is 2.11 bits per heavy atom. The van der Waals surface area contributed by atoms with Crippen molar-refractivity contribution in [2.24, 2.45) is 0 Å². The first-order valence-corrected chi connectivity index (χ1v) is 11.8. The lowest BCUT2D eigenvalue weighted by Crippen LogP contribution is -2.52. The number of rotatable bonds is 7. The molecular weight excluding hydrogens is 471 g/mol. The molecule has 1 aliphatic carbocycles. The predicted molar refractivity (Wildman–Crippen MR) is 118 cm³/mol. The third kappa shape index (κ3) is 4.72. The fourth-order valence-electron chi connectivity index (χ4n) is 3.88. The molecule has 1 aliphatic rings. The molecule has 4 nitrogen and oxygen atoms in total. The molecule has 1 saturated carbocycles. The average Bonchev–Trinajstić information content (AvgIpc) is 3.12. The molecule has 0 atom stereocenters. The summed E-state index contributed by atoms with van der Waals surface area (Å²) in [6, 6.07) is 17.0. The van der Waals surface area contributed by atoms with E-state index >= 15 is 0 Å². The first kappa shape index (κ1) is 20.8. The molecule has 0 N–H and O–H groups in total. The van der Waals surface area contributed by atoms with Crippen LogP contribution in [0, 0.1) is 3.57 Å². The highest BCUT2D eigenvalue weighted by Crippen LogP contribution is 2.36. The number of halogens is 1. The Morgan fingerprint density at radius 2 is 1.56 bits per heavy atom. The normalized spacial score (nSPS) is 16.9. The molecule has 3 rings (SSSR count). The Morgan fingerprint density at radius 1 is 0.963 bits per heavy atom. The molecule has 146 valence electrons. The zero-order chi connectivity index (χ0) is 19.5. The van der Waals surface area contributed by atoms with Crippen LogP contribution in [0.1, 0.15) is 31.2 Å².